The van der Waals surface area contributed by atoms with Gasteiger partial charge in [0.2, 0.25) is 0 Å². The summed E-state index contributed by atoms with van der Waals surface area (Å²) >= 11 is 24.3. The Morgan fingerprint density at radius 2 is 1.70 bits per heavy atom. The lowest BCUT2D eigenvalue weighted by Crippen LogP contribution is -2.13. The second-order valence-electron chi connectivity index (χ2n) is 6.70. The van der Waals surface area contributed by atoms with Gasteiger partial charge in [-0.15, -0.1) is 0 Å². The zero-order valence-corrected chi connectivity index (χ0v) is 20.2. The van der Waals surface area contributed by atoms with E-state index < -0.39 is 5.91 Å². The Hall–Kier alpha value is -2.88. The summed E-state index contributed by atoms with van der Waals surface area (Å²) in [5.74, 6) is 0.0260. The van der Waals surface area contributed by atoms with Crippen molar-refractivity contribution >= 4 is 64.1 Å². The molecule has 168 valence electrons. The van der Waals surface area contributed by atoms with Crippen LogP contribution in [0.4, 0.5) is 5.69 Å². The highest BCUT2D eigenvalue weighted by molar-refractivity contribution is 6.36. The molecule has 0 aromatic heterocycles. The number of halogens is 4. The number of anilines is 1. The highest BCUT2D eigenvalue weighted by Gasteiger charge is 2.15. The SMILES string of the molecule is COc1cc(/C=C(\C#N)C(=O)Nc2cc(Cl)ccc2Cl)cc(Cl)c1OCc1ccc(Cl)cc1. The summed E-state index contributed by atoms with van der Waals surface area (Å²) < 4.78 is 11.2. The fourth-order valence-electron chi connectivity index (χ4n) is 2.80. The maximum Gasteiger partial charge on any atom is 0.266 e. The zero-order chi connectivity index (χ0) is 24.0. The van der Waals surface area contributed by atoms with Crippen LogP contribution in [-0.4, -0.2) is 13.0 Å². The summed E-state index contributed by atoms with van der Waals surface area (Å²) in [7, 11) is 1.47. The van der Waals surface area contributed by atoms with Gasteiger partial charge in [-0.25, -0.2) is 0 Å². The Bertz CT molecular complexity index is 1250. The Kier molecular flexibility index (Phi) is 8.49. The van der Waals surface area contributed by atoms with E-state index in [-0.39, 0.29) is 27.9 Å². The molecule has 0 aliphatic heterocycles. The molecule has 3 aromatic rings. The summed E-state index contributed by atoms with van der Waals surface area (Å²) in [6.07, 6.45) is 1.38. The van der Waals surface area contributed by atoms with Crippen molar-refractivity contribution in [1.29, 1.82) is 5.26 Å². The number of hydrogen-bond donors (Lipinski definition) is 1. The maximum atomic E-state index is 12.6. The molecule has 0 heterocycles. The van der Waals surface area contributed by atoms with Gasteiger partial charge in [0.05, 0.1) is 22.8 Å². The van der Waals surface area contributed by atoms with Gasteiger partial charge in [-0.05, 0) is 59.7 Å². The van der Waals surface area contributed by atoms with E-state index in [2.05, 4.69) is 5.32 Å². The molecule has 5 nitrogen and oxygen atoms in total. The van der Waals surface area contributed by atoms with E-state index >= 15 is 0 Å². The average Bonchev–Trinajstić information content (AvgIpc) is 2.79. The first-order valence-electron chi connectivity index (χ1n) is 9.43. The van der Waals surface area contributed by atoms with Crippen molar-refractivity contribution in [3.63, 3.8) is 0 Å². The number of carbonyl (C=O) groups is 1. The summed E-state index contributed by atoms with van der Waals surface area (Å²) in [4.78, 5) is 12.6. The molecule has 0 radical (unpaired) electrons. The number of methoxy groups -OCH3 is 1. The first-order chi connectivity index (χ1) is 15.8. The smallest absolute Gasteiger partial charge is 0.266 e. The van der Waals surface area contributed by atoms with Crippen LogP contribution in [0.3, 0.4) is 0 Å². The number of hydrogen-bond acceptors (Lipinski definition) is 4. The molecule has 33 heavy (non-hydrogen) atoms. The van der Waals surface area contributed by atoms with Gasteiger partial charge in [0.1, 0.15) is 18.2 Å². The molecule has 1 amide bonds. The van der Waals surface area contributed by atoms with Crippen LogP contribution >= 0.6 is 46.4 Å². The maximum absolute atomic E-state index is 12.6. The molecule has 3 aromatic carbocycles. The van der Waals surface area contributed by atoms with Crippen LogP contribution in [-0.2, 0) is 11.4 Å². The summed E-state index contributed by atoms with van der Waals surface area (Å²) in [5, 5.41) is 13.6. The second kappa shape index (κ2) is 11.3. The van der Waals surface area contributed by atoms with E-state index in [1.807, 2.05) is 18.2 Å². The lowest BCUT2D eigenvalue weighted by molar-refractivity contribution is -0.112. The minimum atomic E-state index is -0.653. The number of nitriles is 1. The van der Waals surface area contributed by atoms with Crippen molar-refractivity contribution in [3.05, 3.63) is 91.4 Å². The van der Waals surface area contributed by atoms with Crippen LogP contribution in [0.2, 0.25) is 20.1 Å². The van der Waals surface area contributed by atoms with Crippen LogP contribution in [0.5, 0.6) is 11.5 Å². The first-order valence-corrected chi connectivity index (χ1v) is 10.9. The summed E-state index contributed by atoms with van der Waals surface area (Å²) in [5.41, 5.74) is 1.49. The quantitative estimate of drug-likeness (QED) is 0.259. The summed E-state index contributed by atoms with van der Waals surface area (Å²) in [6.45, 7) is 0.245. The fourth-order valence-corrected chi connectivity index (χ4v) is 3.53. The molecule has 0 fully saturated rings. The van der Waals surface area contributed by atoms with Gasteiger partial charge >= 0.3 is 0 Å². The van der Waals surface area contributed by atoms with Crippen LogP contribution < -0.4 is 14.8 Å². The van der Waals surface area contributed by atoms with Gasteiger partial charge in [-0.3, -0.25) is 4.79 Å². The predicted molar refractivity (Wildman–Crippen MR) is 132 cm³/mol. The van der Waals surface area contributed by atoms with Crippen molar-refractivity contribution in [2.24, 2.45) is 0 Å². The Morgan fingerprint density at radius 3 is 2.36 bits per heavy atom. The van der Waals surface area contributed by atoms with Gasteiger partial charge in [0.25, 0.3) is 5.91 Å². The van der Waals surface area contributed by atoms with E-state index in [9.17, 15) is 10.1 Å². The molecule has 0 aliphatic carbocycles. The van der Waals surface area contributed by atoms with E-state index in [1.54, 1.807) is 36.4 Å². The van der Waals surface area contributed by atoms with Gasteiger partial charge < -0.3 is 14.8 Å². The average molecular weight is 522 g/mol. The van der Waals surface area contributed by atoms with E-state index in [1.165, 1.54) is 19.3 Å². The molecule has 0 bridgehead atoms. The number of carbonyl (C=O) groups excluding carboxylic acids is 1. The van der Waals surface area contributed by atoms with E-state index in [0.29, 0.717) is 27.1 Å². The van der Waals surface area contributed by atoms with Crippen molar-refractivity contribution in [3.8, 4) is 17.6 Å². The van der Waals surface area contributed by atoms with Crippen LogP contribution in [0, 0.1) is 11.3 Å². The third kappa shape index (κ3) is 6.56. The molecule has 1 N–H and O–H groups in total. The molecular weight excluding hydrogens is 506 g/mol. The number of nitrogens with zero attached hydrogens (tertiary/aromatic N) is 1. The molecule has 9 heteroatoms. The molecule has 0 spiro atoms. The third-order valence-electron chi connectivity index (χ3n) is 4.40. The van der Waals surface area contributed by atoms with E-state index in [0.717, 1.165) is 5.56 Å². The zero-order valence-electron chi connectivity index (χ0n) is 17.2. The van der Waals surface area contributed by atoms with Crippen LogP contribution in [0.1, 0.15) is 11.1 Å². The van der Waals surface area contributed by atoms with Crippen molar-refractivity contribution < 1.29 is 14.3 Å². The molecule has 0 aliphatic rings. The largest absolute Gasteiger partial charge is 0.493 e. The number of amides is 1. The fraction of sp³-hybridized carbons (Fsp3) is 0.0833. The third-order valence-corrected chi connectivity index (χ3v) is 5.50. The number of benzene rings is 3. The number of nitrogens with one attached hydrogen (secondary N) is 1. The molecule has 3 rings (SSSR count). The summed E-state index contributed by atoms with van der Waals surface area (Å²) in [6, 6.07) is 16.9. The lowest BCUT2D eigenvalue weighted by Gasteiger charge is -2.14. The number of ether oxygens (including phenoxy) is 2. The minimum Gasteiger partial charge on any atom is -0.493 e. The van der Waals surface area contributed by atoms with Gasteiger partial charge in [0, 0.05) is 10.0 Å². The standard InChI is InChI=1S/C24H16Cl4N2O3/c1-32-22-10-15(9-20(28)23(22)33-13-14-2-4-17(25)5-3-14)8-16(12-29)24(31)30-21-11-18(26)6-7-19(21)27/h2-11H,13H2,1H3,(H,30,31)/b16-8+. The molecule has 0 saturated carbocycles. The highest BCUT2D eigenvalue weighted by atomic mass is 35.5. The predicted octanol–water partition coefficient (Wildman–Crippen LogP) is 7.43. The Morgan fingerprint density at radius 1 is 1.00 bits per heavy atom. The van der Waals surface area contributed by atoms with Gasteiger partial charge in [-0.2, -0.15) is 5.26 Å². The van der Waals surface area contributed by atoms with Crippen molar-refractivity contribution in [2.75, 3.05) is 12.4 Å². The normalized spacial score (nSPS) is 11.0. The minimum absolute atomic E-state index is 0.168. The van der Waals surface area contributed by atoms with Gasteiger partial charge in [-0.1, -0.05) is 58.5 Å². The molecular formula is C24H16Cl4N2O3. The van der Waals surface area contributed by atoms with Gasteiger partial charge in [0.15, 0.2) is 11.5 Å². The topological polar surface area (TPSA) is 71.3 Å². The molecule has 0 unspecified atom stereocenters. The van der Waals surface area contributed by atoms with Crippen LogP contribution in [0.25, 0.3) is 6.08 Å². The second-order valence-corrected chi connectivity index (χ2v) is 8.38. The highest BCUT2D eigenvalue weighted by Crippen LogP contribution is 2.37. The molecule has 0 atom stereocenters. The first kappa shape index (κ1) is 24.8. The lowest BCUT2D eigenvalue weighted by atomic mass is 10.1. The monoisotopic (exact) mass is 520 g/mol. The Labute approximate surface area is 211 Å². The number of rotatable bonds is 7. The van der Waals surface area contributed by atoms with Crippen LogP contribution in [0.15, 0.2) is 60.2 Å². The van der Waals surface area contributed by atoms with Crippen molar-refractivity contribution in [2.45, 2.75) is 6.61 Å². The Balaban J connectivity index is 1.83. The van der Waals surface area contributed by atoms with E-state index in [4.69, 9.17) is 55.9 Å². The van der Waals surface area contributed by atoms with Crippen molar-refractivity contribution in [1.82, 2.24) is 0 Å². The molecule has 0 saturated heterocycles.